The number of nitrogens with one attached hydrogen (secondary N) is 1. The van der Waals surface area contributed by atoms with E-state index in [-0.39, 0.29) is 29.9 Å². The van der Waals surface area contributed by atoms with Crippen molar-refractivity contribution in [2.24, 2.45) is 10.9 Å². The molecule has 0 spiro atoms. The van der Waals surface area contributed by atoms with Crippen molar-refractivity contribution >= 4 is 45.2 Å². The quantitative estimate of drug-likeness (QED) is 0.608. The van der Waals surface area contributed by atoms with E-state index in [1.807, 2.05) is 18.7 Å². The number of rotatable bonds is 3. The third-order valence-electron chi connectivity index (χ3n) is 6.90. The maximum absolute atomic E-state index is 14.8. The highest BCUT2D eigenvalue weighted by atomic mass is 32.1. The van der Waals surface area contributed by atoms with Crippen LogP contribution in [0.2, 0.25) is 0 Å². The number of carbonyl (C=O) groups is 1. The van der Waals surface area contributed by atoms with Gasteiger partial charge in [-0.05, 0) is 61.9 Å². The van der Waals surface area contributed by atoms with Gasteiger partial charge >= 0.3 is 0 Å². The lowest BCUT2D eigenvalue weighted by Crippen LogP contribution is -2.50. The minimum absolute atomic E-state index is 0.0316. The van der Waals surface area contributed by atoms with Crippen LogP contribution in [0.1, 0.15) is 41.8 Å². The molecule has 9 heteroatoms. The van der Waals surface area contributed by atoms with Gasteiger partial charge in [-0.2, -0.15) is 0 Å². The van der Waals surface area contributed by atoms with Crippen molar-refractivity contribution in [2.45, 2.75) is 51.9 Å². The molecule has 0 bridgehead atoms. The second-order valence-corrected chi connectivity index (χ2v) is 10.6. The fraction of sp³-hybridized carbons (Fsp3) is 0.440. The van der Waals surface area contributed by atoms with Gasteiger partial charge < -0.3 is 15.0 Å². The summed E-state index contributed by atoms with van der Waals surface area (Å²) in [7, 11) is 0. The molecule has 1 N–H and O–H groups in total. The maximum atomic E-state index is 14.8. The number of aliphatic imine (C=N–C) groups is 1. The summed E-state index contributed by atoms with van der Waals surface area (Å²) in [5.74, 6) is 0.476. The van der Waals surface area contributed by atoms with Crippen molar-refractivity contribution in [3.8, 4) is 0 Å². The Balaban J connectivity index is 1.28. The Morgan fingerprint density at radius 3 is 2.88 bits per heavy atom. The molecule has 0 radical (unpaired) electrons. The predicted molar refractivity (Wildman–Crippen MR) is 130 cm³/mol. The number of nitrogens with zero attached hydrogens (tertiary/aromatic N) is 4. The molecule has 34 heavy (non-hydrogen) atoms. The Morgan fingerprint density at radius 1 is 1.24 bits per heavy atom. The van der Waals surface area contributed by atoms with Gasteiger partial charge in [0.05, 0.1) is 29.8 Å². The van der Waals surface area contributed by atoms with E-state index in [1.165, 1.54) is 22.8 Å². The van der Waals surface area contributed by atoms with Crippen LogP contribution in [0.4, 0.5) is 15.9 Å². The van der Waals surface area contributed by atoms with Gasteiger partial charge in [0.2, 0.25) is 5.91 Å². The number of carbonyl (C=O) groups excluding carboxylic acids is 1. The third-order valence-corrected chi connectivity index (χ3v) is 8.06. The molecule has 0 saturated carbocycles. The Bertz CT molecular complexity index is 1310. The summed E-state index contributed by atoms with van der Waals surface area (Å²) in [5.41, 5.74) is 3.38. The maximum Gasteiger partial charge on any atom is 0.226 e. The first-order chi connectivity index (χ1) is 16.5. The van der Waals surface area contributed by atoms with Gasteiger partial charge in [0.15, 0.2) is 0 Å². The minimum atomic E-state index is -0.320. The molecule has 7 nitrogen and oxygen atoms in total. The highest BCUT2D eigenvalue weighted by Crippen LogP contribution is 2.41. The van der Waals surface area contributed by atoms with Crippen LogP contribution in [-0.2, 0) is 28.9 Å². The summed E-state index contributed by atoms with van der Waals surface area (Å²) in [5, 5.41) is 4.15. The van der Waals surface area contributed by atoms with E-state index >= 15 is 0 Å². The molecule has 4 heterocycles. The monoisotopic (exact) mass is 479 g/mol. The molecule has 3 atom stereocenters. The van der Waals surface area contributed by atoms with Crippen molar-refractivity contribution < 1.29 is 13.9 Å². The zero-order valence-electron chi connectivity index (χ0n) is 19.2. The number of halogens is 1. The zero-order chi connectivity index (χ0) is 23.4. The number of morpholine rings is 1. The number of benzene rings is 1. The number of thiophene rings is 1. The lowest BCUT2D eigenvalue weighted by molar-refractivity contribution is -0.147. The van der Waals surface area contributed by atoms with Gasteiger partial charge in [0, 0.05) is 30.1 Å². The van der Waals surface area contributed by atoms with Crippen LogP contribution in [0, 0.1) is 11.7 Å². The van der Waals surface area contributed by atoms with Crippen LogP contribution in [0.3, 0.4) is 0 Å². The van der Waals surface area contributed by atoms with Crippen molar-refractivity contribution in [1.29, 1.82) is 0 Å². The molecule has 3 aliphatic rings. The molecule has 176 valence electrons. The first-order valence-corrected chi connectivity index (χ1v) is 12.6. The Morgan fingerprint density at radius 2 is 2.06 bits per heavy atom. The standard InChI is InChI=1S/C25H26FN5O2S/c1-13-10-31(11-14(2)33-13)25(32)15-3-4-18-21(7-15)34-24-22(18)23(28-12-29-24)30-20-6-17-9-27-8-16(17)5-19(20)26/h5-6,9,12-15H,3-4,7-8,10-11H2,1-2H3,(H,28,29,30)/t13-,14-,15-/m0/s1. The number of fused-ring (bicyclic) bond motifs is 4. The summed E-state index contributed by atoms with van der Waals surface area (Å²) in [6, 6.07) is 3.32. The molecule has 6 rings (SSSR count). The van der Waals surface area contributed by atoms with Crippen molar-refractivity contribution in [3.63, 3.8) is 0 Å². The molecule has 0 unspecified atom stereocenters. The molecule has 2 aromatic heterocycles. The first-order valence-electron chi connectivity index (χ1n) is 11.7. The van der Waals surface area contributed by atoms with E-state index in [4.69, 9.17) is 4.74 Å². The van der Waals surface area contributed by atoms with Crippen LogP contribution in [0.15, 0.2) is 23.5 Å². The largest absolute Gasteiger partial charge is 0.372 e. The van der Waals surface area contributed by atoms with E-state index in [0.717, 1.165) is 34.2 Å². The first kappa shape index (κ1) is 21.6. The predicted octanol–water partition coefficient (Wildman–Crippen LogP) is 4.25. The SMILES string of the molecule is C[C@H]1CN(C(=O)[C@H]2CCc3c(sc4ncnc(Nc5cc6c(cc5F)CN=C6)c34)C2)C[C@H](C)O1. The van der Waals surface area contributed by atoms with Crippen LogP contribution in [0.25, 0.3) is 10.2 Å². The number of ether oxygens (including phenoxy) is 1. The number of aromatic nitrogens is 2. The van der Waals surface area contributed by atoms with Crippen LogP contribution < -0.4 is 5.32 Å². The molecule has 1 saturated heterocycles. The summed E-state index contributed by atoms with van der Waals surface area (Å²) in [4.78, 5) is 30.5. The van der Waals surface area contributed by atoms with E-state index in [0.29, 0.717) is 37.6 Å². The Labute approximate surface area is 201 Å². The van der Waals surface area contributed by atoms with Gasteiger partial charge in [-0.3, -0.25) is 9.79 Å². The lowest BCUT2D eigenvalue weighted by Gasteiger charge is -2.37. The number of aryl methyl sites for hydroxylation is 1. The fourth-order valence-corrected chi connectivity index (χ4v) is 6.65. The number of hydrogen-bond donors (Lipinski definition) is 1. The third kappa shape index (κ3) is 3.76. The smallest absolute Gasteiger partial charge is 0.226 e. The molecular formula is C25H26FN5O2S. The molecule has 1 amide bonds. The molecule has 3 aromatic rings. The van der Waals surface area contributed by atoms with Gasteiger partial charge in [-0.1, -0.05) is 0 Å². The topological polar surface area (TPSA) is 79.7 Å². The Hall–Kier alpha value is -2.91. The van der Waals surface area contributed by atoms with E-state index in [1.54, 1.807) is 23.6 Å². The molecule has 1 fully saturated rings. The van der Waals surface area contributed by atoms with E-state index in [2.05, 4.69) is 20.3 Å². The fourth-order valence-electron chi connectivity index (χ4n) is 5.39. The van der Waals surface area contributed by atoms with E-state index < -0.39 is 0 Å². The molecule has 2 aliphatic heterocycles. The average molecular weight is 480 g/mol. The average Bonchev–Trinajstić information content (AvgIpc) is 3.41. The van der Waals surface area contributed by atoms with E-state index in [9.17, 15) is 9.18 Å². The van der Waals surface area contributed by atoms with Crippen molar-refractivity contribution in [3.05, 3.63) is 45.8 Å². The van der Waals surface area contributed by atoms with Crippen molar-refractivity contribution in [2.75, 3.05) is 18.4 Å². The minimum Gasteiger partial charge on any atom is -0.372 e. The second-order valence-electron chi connectivity index (χ2n) is 9.47. The highest BCUT2D eigenvalue weighted by Gasteiger charge is 2.34. The van der Waals surface area contributed by atoms with Crippen molar-refractivity contribution in [1.82, 2.24) is 14.9 Å². The number of hydrogen-bond acceptors (Lipinski definition) is 7. The highest BCUT2D eigenvalue weighted by molar-refractivity contribution is 7.19. The summed E-state index contributed by atoms with van der Waals surface area (Å²) < 4.78 is 20.6. The van der Waals surface area contributed by atoms with Gasteiger partial charge in [0.1, 0.15) is 22.8 Å². The summed E-state index contributed by atoms with van der Waals surface area (Å²) >= 11 is 1.62. The zero-order valence-corrected chi connectivity index (χ0v) is 20.0. The molecular weight excluding hydrogens is 453 g/mol. The van der Waals surface area contributed by atoms with Crippen LogP contribution in [-0.4, -0.2) is 52.3 Å². The number of anilines is 2. The second kappa shape index (κ2) is 8.39. The van der Waals surface area contributed by atoms with Gasteiger partial charge in [-0.25, -0.2) is 14.4 Å². The normalized spacial score (nSPS) is 23.7. The van der Waals surface area contributed by atoms with Gasteiger partial charge in [-0.15, -0.1) is 11.3 Å². The van der Waals surface area contributed by atoms with Gasteiger partial charge in [0.25, 0.3) is 0 Å². The van der Waals surface area contributed by atoms with Crippen LogP contribution in [0.5, 0.6) is 0 Å². The Kier molecular flexibility index (Phi) is 5.33. The lowest BCUT2D eigenvalue weighted by atomic mass is 9.86. The number of amides is 1. The molecule has 1 aromatic carbocycles. The van der Waals surface area contributed by atoms with Crippen LogP contribution >= 0.6 is 11.3 Å². The molecule has 1 aliphatic carbocycles. The summed E-state index contributed by atoms with van der Waals surface area (Å²) in [6.45, 7) is 5.85. The summed E-state index contributed by atoms with van der Waals surface area (Å²) in [6.07, 6.45) is 5.68.